The van der Waals surface area contributed by atoms with E-state index in [0.29, 0.717) is 0 Å². The molecule has 0 saturated carbocycles. The number of hydrogen-bond acceptors (Lipinski definition) is 7. The summed E-state index contributed by atoms with van der Waals surface area (Å²) in [6, 6.07) is 1.77. The van der Waals surface area contributed by atoms with Gasteiger partial charge >= 0.3 is 0 Å². The first kappa shape index (κ1) is 18.3. The van der Waals surface area contributed by atoms with E-state index >= 15 is 0 Å². The Balaban J connectivity index is 4.63. The average Bonchev–Trinajstić information content (AvgIpc) is 2.47. The van der Waals surface area contributed by atoms with Gasteiger partial charge in [0.15, 0.2) is 6.29 Å². The van der Waals surface area contributed by atoms with Crippen LogP contribution in [0, 0.1) is 11.3 Å². The highest BCUT2D eigenvalue weighted by Crippen LogP contribution is 2.00. The van der Waals surface area contributed by atoms with Crippen LogP contribution < -0.4 is 5.32 Å². The zero-order chi connectivity index (χ0) is 15.4. The van der Waals surface area contributed by atoms with E-state index in [1.165, 1.54) is 25.3 Å². The molecule has 0 bridgehead atoms. The molecule has 0 atom stereocenters. The molecule has 0 aromatic carbocycles. The molecule has 0 aliphatic carbocycles. The van der Waals surface area contributed by atoms with E-state index in [4.69, 9.17) is 24.9 Å². The van der Waals surface area contributed by atoms with Gasteiger partial charge in [-0.1, -0.05) is 0 Å². The average molecular weight is 287 g/mol. The molecule has 0 heterocycles. The maximum Gasteiger partial charge on any atom is 0.266 e. The Morgan fingerprint density at radius 2 is 1.90 bits per heavy atom. The Kier molecular flexibility index (Phi) is 10.3. The maximum absolute atomic E-state index is 12.0. The lowest BCUT2D eigenvalue weighted by molar-refractivity contribution is -0.127. The quantitative estimate of drug-likeness (QED) is 0.252. The number of carbonyl (C=O) groups excluding carboxylic acids is 1. The fraction of sp³-hybridized carbons (Fsp3) is 0.667. The third kappa shape index (κ3) is 6.49. The Bertz CT molecular complexity index is 343. The van der Waals surface area contributed by atoms with Crippen molar-refractivity contribution in [1.29, 1.82) is 5.26 Å². The third-order valence-electron chi connectivity index (χ3n) is 2.43. The summed E-state index contributed by atoms with van der Waals surface area (Å²) in [6.45, 7) is -0.111. The number of amides is 1. The van der Waals surface area contributed by atoms with Crippen LogP contribution in [0.1, 0.15) is 0 Å². The molecule has 0 aliphatic rings. The van der Waals surface area contributed by atoms with Crippen molar-refractivity contribution >= 4 is 5.91 Å². The number of hydrogen-bond donors (Lipinski definition) is 3. The Morgan fingerprint density at radius 1 is 1.35 bits per heavy atom. The second-order valence-corrected chi connectivity index (χ2v) is 3.72. The zero-order valence-corrected chi connectivity index (χ0v) is 11.7. The lowest BCUT2D eigenvalue weighted by Gasteiger charge is -2.20. The summed E-state index contributed by atoms with van der Waals surface area (Å²) in [4.78, 5) is 13.2. The number of nitrogens with zero attached hydrogens (tertiary/aromatic N) is 2. The fourth-order valence-corrected chi connectivity index (χ4v) is 1.39. The van der Waals surface area contributed by atoms with Crippen molar-refractivity contribution in [3.05, 3.63) is 11.8 Å². The van der Waals surface area contributed by atoms with Crippen LogP contribution in [0.15, 0.2) is 11.8 Å². The van der Waals surface area contributed by atoms with E-state index in [9.17, 15) is 4.79 Å². The predicted molar refractivity (Wildman–Crippen MR) is 70.3 cm³/mol. The standard InChI is InChI=1S/C12H21N3O5/c1-19-11(20-2)9-14-8-10(7-13)12(18)15(3-5-16)4-6-17/h8,11,14,16-17H,3-6,9H2,1-2H3/b10-8-. The van der Waals surface area contributed by atoms with Crippen molar-refractivity contribution in [2.45, 2.75) is 6.29 Å². The first-order chi connectivity index (χ1) is 9.64. The van der Waals surface area contributed by atoms with E-state index in [1.54, 1.807) is 6.07 Å². The van der Waals surface area contributed by atoms with E-state index in [2.05, 4.69) is 5.32 Å². The van der Waals surface area contributed by atoms with Crippen molar-refractivity contribution < 1.29 is 24.5 Å². The number of carbonyl (C=O) groups is 1. The minimum atomic E-state index is -0.561. The maximum atomic E-state index is 12.0. The summed E-state index contributed by atoms with van der Waals surface area (Å²) >= 11 is 0. The van der Waals surface area contributed by atoms with Crippen LogP contribution in [0.3, 0.4) is 0 Å². The molecule has 1 amide bonds. The van der Waals surface area contributed by atoms with Gasteiger partial charge in [0, 0.05) is 33.5 Å². The summed E-state index contributed by atoms with van der Waals surface area (Å²) in [7, 11) is 2.94. The van der Waals surface area contributed by atoms with E-state index in [1.807, 2.05) is 0 Å². The molecule has 114 valence electrons. The monoisotopic (exact) mass is 287 g/mol. The van der Waals surface area contributed by atoms with Gasteiger partial charge in [0.1, 0.15) is 11.6 Å². The molecule has 0 aromatic heterocycles. The predicted octanol–water partition coefficient (Wildman–Crippen LogP) is -1.58. The highest BCUT2D eigenvalue weighted by molar-refractivity contribution is 5.97. The fourth-order valence-electron chi connectivity index (χ4n) is 1.39. The number of methoxy groups -OCH3 is 2. The number of nitrogens with one attached hydrogen (secondary N) is 1. The molecule has 0 radical (unpaired) electrons. The Hall–Kier alpha value is -1.66. The first-order valence-electron chi connectivity index (χ1n) is 6.04. The SMILES string of the molecule is COC(CN/C=C(/C#N)C(=O)N(CCO)CCO)OC. The molecule has 20 heavy (non-hydrogen) atoms. The van der Waals surface area contributed by atoms with Crippen LogP contribution in [-0.4, -0.2) is 74.4 Å². The molecule has 0 fully saturated rings. The van der Waals surface area contributed by atoms with Gasteiger partial charge in [-0.25, -0.2) is 0 Å². The zero-order valence-electron chi connectivity index (χ0n) is 11.7. The van der Waals surface area contributed by atoms with E-state index in [0.717, 1.165) is 0 Å². The number of aliphatic hydroxyl groups excluding tert-OH is 2. The molecule has 0 aromatic rings. The van der Waals surface area contributed by atoms with Gasteiger partial charge in [0.2, 0.25) is 0 Å². The normalized spacial score (nSPS) is 11.3. The van der Waals surface area contributed by atoms with Crippen LogP contribution in [0.5, 0.6) is 0 Å². The van der Waals surface area contributed by atoms with Crippen molar-refractivity contribution in [1.82, 2.24) is 10.2 Å². The summed E-state index contributed by atoms with van der Waals surface area (Å²) in [5, 5.41) is 29.4. The largest absolute Gasteiger partial charge is 0.395 e. The van der Waals surface area contributed by atoms with E-state index < -0.39 is 12.2 Å². The minimum absolute atomic E-state index is 0.0528. The van der Waals surface area contributed by atoms with Crippen LogP contribution in [0.4, 0.5) is 0 Å². The van der Waals surface area contributed by atoms with Crippen LogP contribution in [0.2, 0.25) is 0 Å². The lowest BCUT2D eigenvalue weighted by Crippen LogP contribution is -2.37. The van der Waals surface area contributed by atoms with Crippen LogP contribution in [0.25, 0.3) is 0 Å². The highest BCUT2D eigenvalue weighted by Gasteiger charge is 2.17. The van der Waals surface area contributed by atoms with Crippen LogP contribution >= 0.6 is 0 Å². The number of nitriles is 1. The van der Waals surface area contributed by atoms with E-state index in [-0.39, 0.29) is 38.4 Å². The van der Waals surface area contributed by atoms with Gasteiger partial charge < -0.3 is 29.9 Å². The molecule has 3 N–H and O–H groups in total. The Morgan fingerprint density at radius 3 is 2.30 bits per heavy atom. The van der Waals surface area contributed by atoms with Crippen molar-refractivity contribution in [2.75, 3.05) is 47.1 Å². The molecule has 0 unspecified atom stereocenters. The number of rotatable bonds is 10. The molecule has 0 rings (SSSR count). The van der Waals surface area contributed by atoms with Gasteiger partial charge in [-0.2, -0.15) is 5.26 Å². The van der Waals surface area contributed by atoms with Gasteiger partial charge in [-0.15, -0.1) is 0 Å². The highest BCUT2D eigenvalue weighted by atomic mass is 16.7. The Labute approximate surface area is 118 Å². The van der Waals surface area contributed by atoms with Crippen molar-refractivity contribution in [3.63, 3.8) is 0 Å². The lowest BCUT2D eigenvalue weighted by atomic mass is 10.2. The minimum Gasteiger partial charge on any atom is -0.395 e. The van der Waals surface area contributed by atoms with Gasteiger partial charge in [0.05, 0.1) is 19.8 Å². The third-order valence-corrected chi connectivity index (χ3v) is 2.43. The topological polar surface area (TPSA) is 115 Å². The molecule has 0 aliphatic heterocycles. The van der Waals surface area contributed by atoms with Gasteiger partial charge in [-0.3, -0.25) is 4.79 Å². The smallest absolute Gasteiger partial charge is 0.266 e. The second-order valence-electron chi connectivity index (χ2n) is 3.72. The summed E-state index contributed by atoms with van der Waals surface area (Å²) < 4.78 is 9.88. The van der Waals surface area contributed by atoms with Crippen molar-refractivity contribution in [3.8, 4) is 6.07 Å². The van der Waals surface area contributed by atoms with Crippen LogP contribution in [-0.2, 0) is 14.3 Å². The summed E-state index contributed by atoms with van der Waals surface area (Å²) in [5.41, 5.74) is -0.127. The molecular formula is C12H21N3O5. The van der Waals surface area contributed by atoms with Gasteiger partial charge in [-0.05, 0) is 0 Å². The summed E-state index contributed by atoms with van der Waals surface area (Å²) in [5.74, 6) is -0.561. The molecular weight excluding hydrogens is 266 g/mol. The van der Waals surface area contributed by atoms with Gasteiger partial charge in [0.25, 0.3) is 5.91 Å². The van der Waals surface area contributed by atoms with Crippen molar-refractivity contribution in [2.24, 2.45) is 0 Å². The molecule has 0 spiro atoms. The molecule has 8 nitrogen and oxygen atoms in total. The first-order valence-corrected chi connectivity index (χ1v) is 6.04. The summed E-state index contributed by atoms with van der Waals surface area (Å²) in [6.07, 6.45) is 0.766. The molecule has 8 heteroatoms. The second kappa shape index (κ2) is 11.2. The number of ether oxygens (including phenoxy) is 2. The molecule has 0 saturated heterocycles. The number of aliphatic hydroxyl groups is 2.